The summed E-state index contributed by atoms with van der Waals surface area (Å²) >= 11 is 7.31. The van der Waals surface area contributed by atoms with Gasteiger partial charge in [-0.1, -0.05) is 34.8 Å². The summed E-state index contributed by atoms with van der Waals surface area (Å²) < 4.78 is 5.76. The first-order valence-electron chi connectivity index (χ1n) is 4.91. The molecule has 4 heteroatoms. The lowest BCUT2D eigenvalue weighted by Gasteiger charge is -2.11. The van der Waals surface area contributed by atoms with Crippen LogP contribution < -0.4 is 5.73 Å². The summed E-state index contributed by atoms with van der Waals surface area (Å²) in [6, 6.07) is 7.81. The van der Waals surface area contributed by atoms with Crippen molar-refractivity contribution in [3.8, 4) is 0 Å². The third-order valence-electron chi connectivity index (χ3n) is 2.39. The topological polar surface area (TPSA) is 39.2 Å². The Morgan fingerprint density at radius 2 is 2.06 bits per heavy atom. The molecule has 0 atom stereocenters. The highest BCUT2D eigenvalue weighted by Crippen LogP contribution is 2.34. The fourth-order valence-corrected chi connectivity index (χ4v) is 1.88. The van der Waals surface area contributed by atoms with E-state index in [0.29, 0.717) is 4.99 Å². The summed E-state index contributed by atoms with van der Waals surface area (Å²) in [6.45, 7) is 4.22. The molecule has 84 valence electrons. The van der Waals surface area contributed by atoms with Crippen molar-refractivity contribution in [1.29, 1.82) is 0 Å². The molecule has 2 aromatic rings. The number of hydrogen-bond acceptors (Lipinski definition) is 2. The monoisotopic (exact) mass is 345 g/mol. The number of rotatable bonds is 2. The number of fused-ring (bicyclic) bond motifs is 1. The summed E-state index contributed by atoms with van der Waals surface area (Å²) in [7, 11) is 0. The van der Waals surface area contributed by atoms with E-state index in [1.165, 1.54) is 0 Å². The molecule has 0 bridgehead atoms. The standard InChI is InChI=1S/C12H12INOS/c1-12(2,13)10-6-8-5-7(11(14)16)3-4-9(8)15-10/h3-6H,1-2H3,(H2,14,16). The Bertz CT molecular complexity index is 554. The van der Waals surface area contributed by atoms with Gasteiger partial charge >= 0.3 is 0 Å². The van der Waals surface area contributed by atoms with Crippen molar-refractivity contribution in [1.82, 2.24) is 0 Å². The Morgan fingerprint density at radius 1 is 1.38 bits per heavy atom. The van der Waals surface area contributed by atoms with Gasteiger partial charge in [0.25, 0.3) is 0 Å². The van der Waals surface area contributed by atoms with Crippen LogP contribution in [0.15, 0.2) is 28.7 Å². The summed E-state index contributed by atoms with van der Waals surface area (Å²) in [5.41, 5.74) is 7.35. The third kappa shape index (κ3) is 2.22. The molecule has 2 N–H and O–H groups in total. The maximum absolute atomic E-state index is 5.78. The maximum Gasteiger partial charge on any atom is 0.134 e. The second kappa shape index (κ2) is 4.00. The number of benzene rings is 1. The van der Waals surface area contributed by atoms with Crippen molar-refractivity contribution >= 4 is 50.8 Å². The van der Waals surface area contributed by atoms with Crippen LogP contribution in [0.4, 0.5) is 0 Å². The molecule has 0 radical (unpaired) electrons. The largest absolute Gasteiger partial charge is 0.460 e. The molecule has 0 saturated heterocycles. The van der Waals surface area contributed by atoms with Crippen molar-refractivity contribution in [3.63, 3.8) is 0 Å². The van der Waals surface area contributed by atoms with Crippen LogP contribution >= 0.6 is 34.8 Å². The third-order valence-corrected chi connectivity index (χ3v) is 3.15. The van der Waals surface area contributed by atoms with E-state index in [9.17, 15) is 0 Å². The molecule has 0 amide bonds. The van der Waals surface area contributed by atoms with E-state index in [0.717, 1.165) is 22.3 Å². The minimum atomic E-state index is -0.0137. The van der Waals surface area contributed by atoms with Crippen LogP contribution in [0.5, 0.6) is 0 Å². The highest BCUT2D eigenvalue weighted by molar-refractivity contribution is 14.1. The van der Waals surface area contributed by atoms with Crippen LogP contribution in [0.2, 0.25) is 0 Å². The number of nitrogens with two attached hydrogens (primary N) is 1. The lowest BCUT2D eigenvalue weighted by Crippen LogP contribution is -2.08. The molecule has 16 heavy (non-hydrogen) atoms. The van der Waals surface area contributed by atoms with Gasteiger partial charge in [0, 0.05) is 10.9 Å². The average Bonchev–Trinajstić information content (AvgIpc) is 2.58. The molecule has 0 aliphatic carbocycles. The minimum Gasteiger partial charge on any atom is -0.460 e. The number of furan rings is 1. The highest BCUT2D eigenvalue weighted by Gasteiger charge is 2.20. The van der Waals surface area contributed by atoms with Crippen LogP contribution in [0.1, 0.15) is 25.2 Å². The molecule has 0 aliphatic heterocycles. The van der Waals surface area contributed by atoms with Crippen LogP contribution in [0.25, 0.3) is 11.0 Å². The molecule has 1 heterocycles. The molecule has 2 rings (SSSR count). The number of hydrogen-bond donors (Lipinski definition) is 1. The van der Waals surface area contributed by atoms with Gasteiger partial charge in [-0.3, -0.25) is 0 Å². The van der Waals surface area contributed by atoms with Gasteiger partial charge in [-0.15, -0.1) is 0 Å². The van der Waals surface area contributed by atoms with Gasteiger partial charge in [0.05, 0.1) is 3.42 Å². The predicted octanol–water partition coefficient (Wildman–Crippen LogP) is 3.74. The summed E-state index contributed by atoms with van der Waals surface area (Å²) in [4.78, 5) is 0.415. The maximum atomic E-state index is 5.78. The summed E-state index contributed by atoms with van der Waals surface area (Å²) in [6.07, 6.45) is 0. The van der Waals surface area contributed by atoms with Gasteiger partial charge in [0.2, 0.25) is 0 Å². The molecule has 0 fully saturated rings. The summed E-state index contributed by atoms with van der Waals surface area (Å²) in [5.74, 6) is 0.961. The van der Waals surface area contributed by atoms with Gasteiger partial charge < -0.3 is 10.2 Å². The molecule has 0 spiro atoms. The number of halogens is 1. The van der Waals surface area contributed by atoms with Crippen molar-refractivity contribution in [3.05, 3.63) is 35.6 Å². The van der Waals surface area contributed by atoms with Gasteiger partial charge in [-0.25, -0.2) is 0 Å². The predicted molar refractivity (Wildman–Crippen MR) is 79.1 cm³/mol. The second-order valence-electron chi connectivity index (χ2n) is 4.20. The number of alkyl halides is 1. The quantitative estimate of drug-likeness (QED) is 0.512. The van der Waals surface area contributed by atoms with Crippen LogP contribution in [-0.2, 0) is 3.42 Å². The SMILES string of the molecule is CC(C)(I)c1cc2cc(C(N)=S)ccc2o1. The first-order chi connectivity index (χ1) is 7.38. The van der Waals surface area contributed by atoms with E-state index in [1.54, 1.807) is 0 Å². The van der Waals surface area contributed by atoms with Crippen molar-refractivity contribution in [2.75, 3.05) is 0 Å². The molecular formula is C12H12INOS. The Kier molecular flexibility index (Phi) is 2.96. The van der Waals surface area contributed by atoms with Crippen LogP contribution in [0, 0.1) is 0 Å². The first kappa shape index (κ1) is 11.9. The zero-order valence-electron chi connectivity index (χ0n) is 9.08. The average molecular weight is 345 g/mol. The van der Waals surface area contributed by atoms with Crippen molar-refractivity contribution in [2.24, 2.45) is 5.73 Å². The molecule has 0 saturated carbocycles. The molecule has 2 nitrogen and oxygen atoms in total. The zero-order valence-corrected chi connectivity index (χ0v) is 12.1. The van der Waals surface area contributed by atoms with Gasteiger partial charge in [-0.05, 0) is 38.1 Å². The molecule has 0 unspecified atom stereocenters. The lowest BCUT2D eigenvalue weighted by atomic mass is 10.1. The molecule has 0 aliphatic rings. The van der Waals surface area contributed by atoms with E-state index < -0.39 is 0 Å². The number of thiocarbonyl (C=S) groups is 1. The van der Waals surface area contributed by atoms with E-state index in [-0.39, 0.29) is 3.42 Å². The highest BCUT2D eigenvalue weighted by atomic mass is 127. The van der Waals surface area contributed by atoms with E-state index in [2.05, 4.69) is 36.4 Å². The zero-order chi connectivity index (χ0) is 11.9. The molecular weight excluding hydrogens is 333 g/mol. The Labute approximate surface area is 113 Å². The van der Waals surface area contributed by atoms with E-state index in [4.69, 9.17) is 22.4 Å². The lowest BCUT2D eigenvalue weighted by molar-refractivity contribution is 0.511. The van der Waals surface area contributed by atoms with E-state index >= 15 is 0 Å². The fraction of sp³-hybridized carbons (Fsp3) is 0.250. The first-order valence-corrected chi connectivity index (χ1v) is 6.39. The Balaban J connectivity index is 2.59. The van der Waals surface area contributed by atoms with Gasteiger partial charge in [-0.2, -0.15) is 0 Å². The fourth-order valence-electron chi connectivity index (χ4n) is 1.49. The van der Waals surface area contributed by atoms with Crippen LogP contribution in [-0.4, -0.2) is 4.99 Å². The Morgan fingerprint density at radius 3 is 2.62 bits per heavy atom. The second-order valence-corrected chi connectivity index (χ2v) is 7.34. The smallest absolute Gasteiger partial charge is 0.134 e. The normalized spacial score (nSPS) is 11.9. The van der Waals surface area contributed by atoms with E-state index in [1.807, 2.05) is 24.3 Å². The van der Waals surface area contributed by atoms with Crippen LogP contribution in [0.3, 0.4) is 0 Å². The summed E-state index contributed by atoms with van der Waals surface area (Å²) in [5, 5.41) is 1.05. The molecule has 1 aromatic heterocycles. The Hall–Kier alpha value is -0.620. The van der Waals surface area contributed by atoms with Crippen molar-refractivity contribution in [2.45, 2.75) is 17.3 Å². The van der Waals surface area contributed by atoms with Gasteiger partial charge in [0.1, 0.15) is 16.3 Å². The van der Waals surface area contributed by atoms with Gasteiger partial charge in [0.15, 0.2) is 0 Å². The van der Waals surface area contributed by atoms with Crippen molar-refractivity contribution < 1.29 is 4.42 Å². The molecule has 1 aromatic carbocycles. The minimum absolute atomic E-state index is 0.0137.